The zero-order valence-corrected chi connectivity index (χ0v) is 9.17. The summed E-state index contributed by atoms with van der Waals surface area (Å²) in [4.78, 5) is 10.5. The highest BCUT2D eigenvalue weighted by molar-refractivity contribution is 6.31. The van der Waals surface area contributed by atoms with E-state index in [1.54, 1.807) is 6.07 Å². The molecule has 0 spiro atoms. The molecule has 6 heteroatoms. The van der Waals surface area contributed by atoms with E-state index in [2.05, 4.69) is 5.32 Å². The summed E-state index contributed by atoms with van der Waals surface area (Å²) in [7, 11) is 0. The van der Waals surface area contributed by atoms with E-state index in [1.165, 1.54) is 12.1 Å². The van der Waals surface area contributed by atoms with Crippen molar-refractivity contribution in [1.29, 1.82) is 0 Å². The molecule has 0 aromatic heterocycles. The molecular weight excluding hydrogens is 235 g/mol. The minimum Gasteiger partial charge on any atom is -0.382 e. The first-order chi connectivity index (χ1) is 7.52. The fraction of sp³-hybridized carbons (Fsp3) is 0.300. The Morgan fingerprint density at radius 1 is 1.62 bits per heavy atom. The molecule has 0 aliphatic carbocycles. The predicted molar refractivity (Wildman–Crippen MR) is 58.3 cm³/mol. The number of carbonyl (C=O) groups is 1. The van der Waals surface area contributed by atoms with Crippen molar-refractivity contribution < 1.29 is 14.3 Å². The molecule has 16 heavy (non-hydrogen) atoms. The maximum Gasteiger partial charge on any atom is 0.247 e. The van der Waals surface area contributed by atoms with Crippen LogP contribution in [0.4, 0.5) is 4.39 Å². The SMILES string of the molecule is NC(=O)C(O)CNCc1cccc(F)c1Cl. The van der Waals surface area contributed by atoms with Crippen LogP contribution in [0.3, 0.4) is 0 Å². The van der Waals surface area contributed by atoms with Crippen molar-refractivity contribution in [2.75, 3.05) is 6.54 Å². The van der Waals surface area contributed by atoms with Gasteiger partial charge in [-0.1, -0.05) is 23.7 Å². The van der Waals surface area contributed by atoms with Gasteiger partial charge in [0, 0.05) is 13.1 Å². The number of hydrogen-bond acceptors (Lipinski definition) is 3. The second-order valence-electron chi connectivity index (χ2n) is 3.26. The van der Waals surface area contributed by atoms with Crippen molar-refractivity contribution in [3.05, 3.63) is 34.6 Å². The summed E-state index contributed by atoms with van der Waals surface area (Å²) in [5, 5.41) is 11.9. The molecule has 1 aromatic carbocycles. The normalized spacial score (nSPS) is 12.4. The van der Waals surface area contributed by atoms with Crippen molar-refractivity contribution in [1.82, 2.24) is 5.32 Å². The Labute approximate surface area is 97.2 Å². The van der Waals surface area contributed by atoms with Crippen LogP contribution < -0.4 is 11.1 Å². The van der Waals surface area contributed by atoms with Gasteiger partial charge >= 0.3 is 0 Å². The highest BCUT2D eigenvalue weighted by Gasteiger charge is 2.10. The van der Waals surface area contributed by atoms with Crippen LogP contribution in [-0.2, 0) is 11.3 Å². The maximum absolute atomic E-state index is 13.0. The molecule has 1 rings (SSSR count). The maximum atomic E-state index is 13.0. The van der Waals surface area contributed by atoms with Crippen LogP contribution in [0.25, 0.3) is 0 Å². The molecule has 0 aliphatic heterocycles. The molecule has 1 amide bonds. The summed E-state index contributed by atoms with van der Waals surface area (Å²) in [6, 6.07) is 4.43. The first kappa shape index (κ1) is 12.9. The van der Waals surface area contributed by atoms with E-state index in [1.807, 2.05) is 0 Å². The number of nitrogens with two attached hydrogens (primary N) is 1. The molecule has 0 aliphatic rings. The van der Waals surface area contributed by atoms with Crippen molar-refractivity contribution in [2.45, 2.75) is 12.6 Å². The minimum absolute atomic E-state index is 0.00216. The van der Waals surface area contributed by atoms with Gasteiger partial charge in [-0.2, -0.15) is 0 Å². The first-order valence-corrected chi connectivity index (χ1v) is 5.01. The zero-order chi connectivity index (χ0) is 12.1. The largest absolute Gasteiger partial charge is 0.382 e. The smallest absolute Gasteiger partial charge is 0.247 e. The van der Waals surface area contributed by atoms with E-state index >= 15 is 0 Å². The van der Waals surface area contributed by atoms with Gasteiger partial charge in [-0.15, -0.1) is 0 Å². The summed E-state index contributed by atoms with van der Waals surface area (Å²) >= 11 is 5.70. The second-order valence-corrected chi connectivity index (χ2v) is 3.64. The number of aliphatic hydroxyl groups excluding tert-OH is 1. The van der Waals surface area contributed by atoms with Gasteiger partial charge in [0.15, 0.2) is 0 Å². The van der Waals surface area contributed by atoms with Crippen molar-refractivity contribution >= 4 is 17.5 Å². The summed E-state index contributed by atoms with van der Waals surface area (Å²) in [6.07, 6.45) is -1.26. The van der Waals surface area contributed by atoms with Gasteiger partial charge in [0.1, 0.15) is 11.9 Å². The van der Waals surface area contributed by atoms with E-state index in [9.17, 15) is 9.18 Å². The number of benzene rings is 1. The topological polar surface area (TPSA) is 75.4 Å². The number of aliphatic hydroxyl groups is 1. The zero-order valence-electron chi connectivity index (χ0n) is 8.41. The van der Waals surface area contributed by atoms with Crippen molar-refractivity contribution in [2.24, 2.45) is 5.73 Å². The van der Waals surface area contributed by atoms with Gasteiger partial charge in [0.05, 0.1) is 5.02 Å². The van der Waals surface area contributed by atoms with Crippen LogP contribution >= 0.6 is 11.6 Å². The van der Waals surface area contributed by atoms with Crippen LogP contribution in [0, 0.1) is 5.82 Å². The van der Waals surface area contributed by atoms with Crippen LogP contribution in [0.1, 0.15) is 5.56 Å². The number of nitrogens with one attached hydrogen (secondary N) is 1. The van der Waals surface area contributed by atoms with Crippen molar-refractivity contribution in [3.63, 3.8) is 0 Å². The third-order valence-corrected chi connectivity index (χ3v) is 2.44. The molecule has 0 heterocycles. The van der Waals surface area contributed by atoms with Crippen LogP contribution in [0.5, 0.6) is 0 Å². The molecule has 1 unspecified atom stereocenters. The lowest BCUT2D eigenvalue weighted by Crippen LogP contribution is -2.37. The fourth-order valence-corrected chi connectivity index (χ4v) is 1.32. The molecule has 1 aromatic rings. The number of hydrogen-bond donors (Lipinski definition) is 3. The fourth-order valence-electron chi connectivity index (χ4n) is 1.13. The first-order valence-electron chi connectivity index (χ1n) is 4.63. The molecule has 0 radical (unpaired) electrons. The van der Waals surface area contributed by atoms with Gasteiger partial charge in [0.2, 0.25) is 5.91 Å². The summed E-state index contributed by atoms with van der Waals surface area (Å²) in [6.45, 7) is 0.253. The predicted octanol–water partition coefficient (Wildman–Crippen LogP) is 0.415. The Bertz CT molecular complexity index is 387. The van der Waals surface area contributed by atoms with E-state index in [0.717, 1.165) is 0 Å². The highest BCUT2D eigenvalue weighted by Crippen LogP contribution is 2.19. The quantitative estimate of drug-likeness (QED) is 0.705. The van der Waals surface area contributed by atoms with Gasteiger partial charge in [-0.3, -0.25) is 4.79 Å². The van der Waals surface area contributed by atoms with Crippen LogP contribution in [0.15, 0.2) is 18.2 Å². The van der Waals surface area contributed by atoms with E-state index < -0.39 is 17.8 Å². The summed E-state index contributed by atoms with van der Waals surface area (Å²) in [5.41, 5.74) is 5.41. The number of primary amides is 1. The lowest BCUT2D eigenvalue weighted by atomic mass is 10.2. The van der Waals surface area contributed by atoms with Crippen LogP contribution in [-0.4, -0.2) is 23.7 Å². The third-order valence-electron chi connectivity index (χ3n) is 2.01. The van der Waals surface area contributed by atoms with Crippen LogP contribution in [0.2, 0.25) is 5.02 Å². The van der Waals surface area contributed by atoms with Gasteiger partial charge in [-0.25, -0.2) is 4.39 Å². The molecule has 0 saturated heterocycles. The molecule has 0 fully saturated rings. The minimum atomic E-state index is -1.26. The summed E-state index contributed by atoms with van der Waals surface area (Å²) in [5.74, 6) is -1.31. The standard InChI is InChI=1S/C10H12ClFN2O2/c11-9-6(2-1-3-7(9)12)4-14-5-8(15)10(13)16/h1-3,8,14-15H,4-5H2,(H2,13,16). The molecule has 88 valence electrons. The Balaban J connectivity index is 2.49. The third kappa shape index (κ3) is 3.44. The van der Waals surface area contributed by atoms with E-state index in [0.29, 0.717) is 5.56 Å². The second kappa shape index (κ2) is 5.79. The highest BCUT2D eigenvalue weighted by atomic mass is 35.5. The Morgan fingerprint density at radius 2 is 2.31 bits per heavy atom. The molecule has 4 N–H and O–H groups in total. The molecule has 4 nitrogen and oxygen atoms in total. The Kier molecular flexibility index (Phi) is 4.67. The lowest BCUT2D eigenvalue weighted by Gasteiger charge is -2.09. The van der Waals surface area contributed by atoms with Gasteiger partial charge in [0.25, 0.3) is 0 Å². The Hall–Kier alpha value is -1.17. The monoisotopic (exact) mass is 246 g/mol. The average Bonchev–Trinajstić information content (AvgIpc) is 2.24. The van der Waals surface area contributed by atoms with E-state index in [4.69, 9.17) is 22.4 Å². The van der Waals surface area contributed by atoms with Gasteiger partial charge < -0.3 is 16.2 Å². The van der Waals surface area contributed by atoms with Gasteiger partial charge in [-0.05, 0) is 11.6 Å². The molecule has 1 atom stereocenters. The molecular formula is C10H12ClFN2O2. The van der Waals surface area contributed by atoms with Crippen molar-refractivity contribution in [3.8, 4) is 0 Å². The number of carbonyl (C=O) groups excluding carboxylic acids is 1. The lowest BCUT2D eigenvalue weighted by molar-refractivity contribution is -0.125. The number of rotatable bonds is 5. The molecule has 0 saturated carbocycles. The average molecular weight is 247 g/mol. The van der Waals surface area contributed by atoms with E-state index in [-0.39, 0.29) is 18.1 Å². The number of amides is 1. The number of halogens is 2. The summed E-state index contributed by atoms with van der Waals surface area (Å²) < 4.78 is 13.0. The molecule has 0 bridgehead atoms. The Morgan fingerprint density at radius 3 is 2.94 bits per heavy atom.